The van der Waals surface area contributed by atoms with Crippen LogP contribution in [0.15, 0.2) is 12.1 Å². The van der Waals surface area contributed by atoms with E-state index < -0.39 is 0 Å². The average molecular weight is 248 g/mol. The summed E-state index contributed by atoms with van der Waals surface area (Å²) in [5.74, 6) is 1.01. The van der Waals surface area contributed by atoms with E-state index in [-0.39, 0.29) is 0 Å². The van der Waals surface area contributed by atoms with Gasteiger partial charge in [-0.15, -0.1) is 0 Å². The summed E-state index contributed by atoms with van der Waals surface area (Å²) in [7, 11) is 5.94. The number of nitrogens with one attached hydrogen (secondary N) is 1. The molecule has 0 fully saturated rings. The van der Waals surface area contributed by atoms with E-state index in [2.05, 4.69) is 43.4 Å². The van der Waals surface area contributed by atoms with Gasteiger partial charge in [0, 0.05) is 24.7 Å². The molecule has 0 aromatic heterocycles. The standard InChI is InChI=1S/C15H24N2O/c1-5-14-7-11-6-13(10-17(2)3)15(18-4)8-12(11)9-16-14/h6,8,14,16H,5,7,9-10H2,1-4H3. The highest BCUT2D eigenvalue weighted by molar-refractivity contribution is 5.44. The number of rotatable bonds is 4. The fourth-order valence-electron chi connectivity index (χ4n) is 2.61. The summed E-state index contributed by atoms with van der Waals surface area (Å²) >= 11 is 0. The maximum Gasteiger partial charge on any atom is 0.123 e. The molecule has 1 unspecified atom stereocenters. The van der Waals surface area contributed by atoms with E-state index in [0.717, 1.165) is 25.3 Å². The van der Waals surface area contributed by atoms with Crippen LogP contribution in [0.2, 0.25) is 0 Å². The second-order valence-electron chi connectivity index (χ2n) is 5.36. The van der Waals surface area contributed by atoms with Crippen LogP contribution in [0.3, 0.4) is 0 Å². The van der Waals surface area contributed by atoms with Crippen molar-refractivity contribution in [1.82, 2.24) is 10.2 Å². The Morgan fingerprint density at radius 3 is 2.72 bits per heavy atom. The lowest BCUT2D eigenvalue weighted by Crippen LogP contribution is -2.35. The summed E-state index contributed by atoms with van der Waals surface area (Å²) in [5, 5.41) is 3.57. The van der Waals surface area contributed by atoms with Crippen LogP contribution >= 0.6 is 0 Å². The Morgan fingerprint density at radius 1 is 1.33 bits per heavy atom. The molecule has 2 rings (SSSR count). The number of ether oxygens (including phenoxy) is 1. The molecule has 0 spiro atoms. The third-order valence-electron chi connectivity index (χ3n) is 3.63. The second-order valence-corrected chi connectivity index (χ2v) is 5.36. The maximum absolute atomic E-state index is 5.51. The van der Waals surface area contributed by atoms with Gasteiger partial charge in [0.1, 0.15) is 5.75 Å². The molecule has 1 atom stereocenters. The lowest BCUT2D eigenvalue weighted by molar-refractivity contribution is 0.369. The van der Waals surface area contributed by atoms with Gasteiger partial charge in [-0.25, -0.2) is 0 Å². The summed E-state index contributed by atoms with van der Waals surface area (Å²) in [6.07, 6.45) is 2.32. The molecule has 3 heteroatoms. The van der Waals surface area contributed by atoms with E-state index in [1.807, 2.05) is 0 Å². The highest BCUT2D eigenvalue weighted by atomic mass is 16.5. The van der Waals surface area contributed by atoms with Gasteiger partial charge in [-0.2, -0.15) is 0 Å². The van der Waals surface area contributed by atoms with E-state index in [9.17, 15) is 0 Å². The van der Waals surface area contributed by atoms with Crippen LogP contribution in [-0.2, 0) is 19.5 Å². The Labute approximate surface area is 110 Å². The van der Waals surface area contributed by atoms with Gasteiger partial charge >= 0.3 is 0 Å². The van der Waals surface area contributed by atoms with Crippen LogP contribution in [0.25, 0.3) is 0 Å². The molecule has 0 bridgehead atoms. The molecule has 1 heterocycles. The molecule has 1 aliphatic rings. The normalized spacial score (nSPS) is 18.8. The summed E-state index contributed by atoms with van der Waals surface area (Å²) in [6.45, 7) is 4.14. The minimum atomic E-state index is 0.623. The van der Waals surface area contributed by atoms with Crippen LogP contribution in [0.5, 0.6) is 5.75 Å². The summed E-state index contributed by atoms with van der Waals surface area (Å²) in [6, 6.07) is 5.16. The molecular formula is C15H24N2O. The third kappa shape index (κ3) is 2.85. The monoisotopic (exact) mass is 248 g/mol. The number of hydrogen-bond acceptors (Lipinski definition) is 3. The van der Waals surface area contributed by atoms with Gasteiger partial charge in [-0.3, -0.25) is 0 Å². The number of fused-ring (bicyclic) bond motifs is 1. The molecule has 100 valence electrons. The Hall–Kier alpha value is -1.06. The molecule has 1 aromatic carbocycles. The van der Waals surface area contributed by atoms with Crippen molar-refractivity contribution >= 4 is 0 Å². The van der Waals surface area contributed by atoms with Crippen molar-refractivity contribution in [2.24, 2.45) is 0 Å². The van der Waals surface area contributed by atoms with Gasteiger partial charge in [0.15, 0.2) is 0 Å². The van der Waals surface area contributed by atoms with Gasteiger partial charge in [0.25, 0.3) is 0 Å². The SMILES string of the molecule is CCC1Cc2cc(CN(C)C)c(OC)cc2CN1. The van der Waals surface area contributed by atoms with Crippen LogP contribution in [0.1, 0.15) is 30.0 Å². The minimum Gasteiger partial charge on any atom is -0.496 e. The van der Waals surface area contributed by atoms with Gasteiger partial charge in [-0.1, -0.05) is 13.0 Å². The minimum absolute atomic E-state index is 0.623. The zero-order valence-electron chi connectivity index (χ0n) is 11.9. The van der Waals surface area contributed by atoms with E-state index in [0.29, 0.717) is 6.04 Å². The zero-order chi connectivity index (χ0) is 13.1. The van der Waals surface area contributed by atoms with E-state index >= 15 is 0 Å². The maximum atomic E-state index is 5.51. The molecule has 0 saturated heterocycles. The number of benzene rings is 1. The number of methoxy groups -OCH3 is 1. The Kier molecular flexibility index (Phi) is 4.25. The molecule has 0 radical (unpaired) electrons. The highest BCUT2D eigenvalue weighted by Gasteiger charge is 2.19. The van der Waals surface area contributed by atoms with Crippen LogP contribution in [-0.4, -0.2) is 32.1 Å². The van der Waals surface area contributed by atoms with E-state index in [1.54, 1.807) is 7.11 Å². The predicted molar refractivity (Wildman–Crippen MR) is 75.0 cm³/mol. The van der Waals surface area contributed by atoms with Gasteiger partial charge in [0.2, 0.25) is 0 Å². The summed E-state index contributed by atoms with van der Waals surface area (Å²) in [4.78, 5) is 2.18. The van der Waals surface area contributed by atoms with Crippen molar-refractivity contribution in [2.75, 3.05) is 21.2 Å². The van der Waals surface area contributed by atoms with Crippen LogP contribution < -0.4 is 10.1 Å². The molecule has 0 aliphatic carbocycles. The Balaban J connectivity index is 2.31. The number of nitrogens with zero attached hydrogens (tertiary/aromatic N) is 1. The van der Waals surface area contributed by atoms with Crippen molar-refractivity contribution < 1.29 is 4.74 Å². The summed E-state index contributed by atoms with van der Waals surface area (Å²) < 4.78 is 5.51. The third-order valence-corrected chi connectivity index (χ3v) is 3.63. The lowest BCUT2D eigenvalue weighted by Gasteiger charge is -2.27. The second kappa shape index (κ2) is 5.72. The highest BCUT2D eigenvalue weighted by Crippen LogP contribution is 2.28. The van der Waals surface area contributed by atoms with Crippen LogP contribution in [0.4, 0.5) is 0 Å². The molecule has 18 heavy (non-hydrogen) atoms. The average Bonchev–Trinajstić information content (AvgIpc) is 2.36. The fraction of sp³-hybridized carbons (Fsp3) is 0.600. The van der Waals surface area contributed by atoms with Crippen molar-refractivity contribution in [3.05, 3.63) is 28.8 Å². The summed E-state index contributed by atoms with van der Waals surface area (Å²) in [5.41, 5.74) is 4.16. The van der Waals surface area contributed by atoms with Gasteiger partial charge in [-0.05, 0) is 44.1 Å². The van der Waals surface area contributed by atoms with Crippen LogP contribution in [0, 0.1) is 0 Å². The predicted octanol–water partition coefficient (Wildman–Crippen LogP) is 2.18. The molecular weight excluding hydrogens is 224 g/mol. The van der Waals surface area contributed by atoms with E-state index in [4.69, 9.17) is 4.74 Å². The van der Waals surface area contributed by atoms with Crippen molar-refractivity contribution in [3.63, 3.8) is 0 Å². The smallest absolute Gasteiger partial charge is 0.123 e. The van der Waals surface area contributed by atoms with E-state index in [1.165, 1.54) is 23.1 Å². The quantitative estimate of drug-likeness (QED) is 0.884. The van der Waals surface area contributed by atoms with Gasteiger partial charge in [0.05, 0.1) is 7.11 Å². The first-order valence-corrected chi connectivity index (χ1v) is 6.70. The molecule has 1 aromatic rings. The molecule has 3 nitrogen and oxygen atoms in total. The first-order chi connectivity index (χ1) is 8.63. The van der Waals surface area contributed by atoms with Gasteiger partial charge < -0.3 is 15.0 Å². The fourth-order valence-corrected chi connectivity index (χ4v) is 2.61. The van der Waals surface area contributed by atoms with Crippen molar-refractivity contribution in [3.8, 4) is 5.75 Å². The first-order valence-electron chi connectivity index (χ1n) is 6.70. The lowest BCUT2D eigenvalue weighted by atomic mass is 9.92. The zero-order valence-corrected chi connectivity index (χ0v) is 11.9. The van der Waals surface area contributed by atoms with Crippen molar-refractivity contribution in [2.45, 2.75) is 38.9 Å². The topological polar surface area (TPSA) is 24.5 Å². The number of hydrogen-bond donors (Lipinski definition) is 1. The first kappa shape index (κ1) is 13.4. The molecule has 1 aliphatic heterocycles. The molecule has 0 amide bonds. The van der Waals surface area contributed by atoms with Crippen molar-refractivity contribution in [1.29, 1.82) is 0 Å². The molecule has 1 N–H and O–H groups in total. The largest absolute Gasteiger partial charge is 0.496 e. The molecule has 0 saturated carbocycles. The Morgan fingerprint density at radius 2 is 2.11 bits per heavy atom. The Bertz CT molecular complexity index is 415.